The highest BCUT2D eigenvalue weighted by Gasteiger charge is 2.14. The molecule has 0 saturated carbocycles. The Kier molecular flexibility index (Phi) is 7.90. The van der Waals surface area contributed by atoms with Gasteiger partial charge in [0.25, 0.3) is 0 Å². The van der Waals surface area contributed by atoms with Crippen molar-refractivity contribution in [3.05, 3.63) is 59.7 Å². The lowest BCUT2D eigenvalue weighted by Gasteiger charge is -2.09. The average molecular weight is 425 g/mol. The molecule has 3 aromatic rings. The first-order valence-corrected chi connectivity index (χ1v) is 11.1. The molecule has 30 heavy (non-hydrogen) atoms. The first kappa shape index (κ1) is 21.9. The molecular weight excluding hydrogens is 396 g/mol. The predicted molar refractivity (Wildman–Crippen MR) is 121 cm³/mol. The maximum Gasteiger partial charge on any atom is 0.230 e. The second-order valence-corrected chi connectivity index (χ2v) is 8.02. The second-order valence-electron chi connectivity index (χ2n) is 7.08. The van der Waals surface area contributed by atoms with Gasteiger partial charge >= 0.3 is 0 Å². The third kappa shape index (κ3) is 6.10. The molecule has 1 heterocycles. The standard InChI is InChI=1S/C23H28N4O2S/c1-4-27-22(19-10-5-8-17(2)14-19)25-26-23(27)30-16-21(28)24-12-7-13-29-20-11-6-9-18(3)15-20/h5-6,8-11,14-15H,4,7,12-13,16H2,1-3H3,(H,24,28). The zero-order valence-electron chi connectivity index (χ0n) is 17.7. The number of thioether (sulfide) groups is 1. The van der Waals surface area contributed by atoms with Gasteiger partial charge in [0.15, 0.2) is 11.0 Å². The number of rotatable bonds is 10. The summed E-state index contributed by atoms with van der Waals surface area (Å²) in [5.74, 6) is 1.99. The third-order valence-corrected chi connectivity index (χ3v) is 5.51. The maximum absolute atomic E-state index is 12.2. The van der Waals surface area contributed by atoms with E-state index in [9.17, 15) is 4.79 Å². The van der Waals surface area contributed by atoms with Gasteiger partial charge in [0.05, 0.1) is 12.4 Å². The lowest BCUT2D eigenvalue weighted by atomic mass is 10.1. The number of benzene rings is 2. The number of carbonyl (C=O) groups is 1. The van der Waals surface area contributed by atoms with Crippen LogP contribution in [0.1, 0.15) is 24.5 Å². The van der Waals surface area contributed by atoms with Crippen molar-refractivity contribution in [3.8, 4) is 17.1 Å². The lowest BCUT2D eigenvalue weighted by molar-refractivity contribution is -0.118. The van der Waals surface area contributed by atoms with Crippen LogP contribution in [0.4, 0.5) is 0 Å². The summed E-state index contributed by atoms with van der Waals surface area (Å²) in [5, 5.41) is 12.3. The van der Waals surface area contributed by atoms with Crippen LogP contribution in [0.25, 0.3) is 11.4 Å². The van der Waals surface area contributed by atoms with Crippen LogP contribution in [0.3, 0.4) is 0 Å². The summed E-state index contributed by atoms with van der Waals surface area (Å²) in [6.07, 6.45) is 0.757. The number of ether oxygens (including phenoxy) is 1. The minimum absolute atomic E-state index is 0.0154. The van der Waals surface area contributed by atoms with Crippen LogP contribution in [0.2, 0.25) is 0 Å². The topological polar surface area (TPSA) is 69.0 Å². The second kappa shape index (κ2) is 10.8. The van der Waals surface area contributed by atoms with Crippen LogP contribution < -0.4 is 10.1 Å². The van der Waals surface area contributed by atoms with Crippen LogP contribution in [-0.2, 0) is 11.3 Å². The van der Waals surface area contributed by atoms with Crippen LogP contribution >= 0.6 is 11.8 Å². The largest absolute Gasteiger partial charge is 0.494 e. The third-order valence-electron chi connectivity index (χ3n) is 4.54. The minimum atomic E-state index is -0.0154. The maximum atomic E-state index is 12.2. The van der Waals surface area contributed by atoms with Crippen LogP contribution in [0, 0.1) is 13.8 Å². The number of aromatic nitrogens is 3. The quantitative estimate of drug-likeness (QED) is 0.389. The zero-order chi connectivity index (χ0) is 21.3. The van der Waals surface area contributed by atoms with Gasteiger partial charge in [-0.2, -0.15) is 0 Å². The Labute approximate surface area is 182 Å². The molecule has 0 aliphatic heterocycles. The highest BCUT2D eigenvalue weighted by atomic mass is 32.2. The molecule has 1 N–H and O–H groups in total. The predicted octanol–water partition coefficient (Wildman–Crippen LogP) is 4.26. The van der Waals surface area contributed by atoms with Crippen molar-refractivity contribution in [3.63, 3.8) is 0 Å². The monoisotopic (exact) mass is 424 g/mol. The van der Waals surface area contributed by atoms with E-state index in [0.717, 1.165) is 35.3 Å². The van der Waals surface area contributed by atoms with Crippen LogP contribution in [0.15, 0.2) is 53.7 Å². The molecule has 0 saturated heterocycles. The number of hydrogen-bond acceptors (Lipinski definition) is 5. The Balaban J connectivity index is 1.43. The molecule has 0 aliphatic rings. The van der Waals surface area contributed by atoms with Crippen molar-refractivity contribution in [2.45, 2.75) is 38.9 Å². The lowest BCUT2D eigenvalue weighted by Crippen LogP contribution is -2.27. The molecule has 3 rings (SSSR count). The van der Waals surface area contributed by atoms with Crippen molar-refractivity contribution in [2.24, 2.45) is 0 Å². The van der Waals surface area contributed by atoms with E-state index in [0.29, 0.717) is 18.9 Å². The normalized spacial score (nSPS) is 10.8. The average Bonchev–Trinajstić information content (AvgIpc) is 3.15. The molecule has 1 aromatic heterocycles. The van der Waals surface area contributed by atoms with Gasteiger partial charge in [-0.25, -0.2) is 0 Å². The molecule has 2 aromatic carbocycles. The summed E-state index contributed by atoms with van der Waals surface area (Å²) in [6, 6.07) is 16.2. The van der Waals surface area contributed by atoms with Crippen molar-refractivity contribution >= 4 is 17.7 Å². The smallest absolute Gasteiger partial charge is 0.230 e. The number of carbonyl (C=O) groups excluding carboxylic acids is 1. The van der Waals surface area contributed by atoms with Crippen molar-refractivity contribution in [1.82, 2.24) is 20.1 Å². The fourth-order valence-corrected chi connectivity index (χ4v) is 3.89. The molecule has 0 aliphatic carbocycles. The Bertz CT molecular complexity index is 987. The van der Waals surface area contributed by atoms with Crippen LogP contribution in [-0.4, -0.2) is 39.6 Å². The Morgan fingerprint density at radius 3 is 2.60 bits per heavy atom. The van der Waals surface area contributed by atoms with Gasteiger partial charge in [0, 0.05) is 18.7 Å². The number of aryl methyl sites for hydroxylation is 2. The highest BCUT2D eigenvalue weighted by Crippen LogP contribution is 2.24. The molecule has 6 nitrogen and oxygen atoms in total. The zero-order valence-corrected chi connectivity index (χ0v) is 18.5. The first-order valence-electron chi connectivity index (χ1n) is 10.2. The summed E-state index contributed by atoms with van der Waals surface area (Å²) in [7, 11) is 0. The van der Waals surface area contributed by atoms with Crippen LogP contribution in [0.5, 0.6) is 5.75 Å². The molecule has 0 spiro atoms. The fraction of sp³-hybridized carbons (Fsp3) is 0.348. The molecule has 0 radical (unpaired) electrons. The van der Waals surface area contributed by atoms with Gasteiger partial charge in [-0.05, 0) is 51.0 Å². The number of amides is 1. The van der Waals surface area contributed by atoms with Crippen molar-refractivity contribution < 1.29 is 9.53 Å². The van der Waals surface area contributed by atoms with Gasteiger partial charge in [-0.15, -0.1) is 10.2 Å². The molecule has 0 unspecified atom stereocenters. The summed E-state index contributed by atoms with van der Waals surface area (Å²) in [6.45, 7) is 8.05. The minimum Gasteiger partial charge on any atom is -0.494 e. The van der Waals surface area contributed by atoms with Crippen molar-refractivity contribution in [2.75, 3.05) is 18.9 Å². The summed E-state index contributed by atoms with van der Waals surface area (Å²) in [5.41, 5.74) is 3.38. The summed E-state index contributed by atoms with van der Waals surface area (Å²) < 4.78 is 7.75. The fourth-order valence-electron chi connectivity index (χ4n) is 3.05. The van der Waals surface area contributed by atoms with Gasteiger partial charge in [-0.1, -0.05) is 47.7 Å². The molecule has 7 heteroatoms. The number of nitrogens with zero attached hydrogens (tertiary/aromatic N) is 3. The van der Waals surface area contributed by atoms with E-state index < -0.39 is 0 Å². The van der Waals surface area contributed by atoms with E-state index in [1.54, 1.807) is 0 Å². The van der Waals surface area contributed by atoms with Gasteiger partial charge in [0.2, 0.25) is 5.91 Å². The molecule has 1 amide bonds. The summed E-state index contributed by atoms with van der Waals surface area (Å²) >= 11 is 1.41. The van der Waals surface area contributed by atoms with E-state index in [1.165, 1.54) is 22.9 Å². The van der Waals surface area contributed by atoms with E-state index in [2.05, 4.69) is 41.5 Å². The van der Waals surface area contributed by atoms with E-state index >= 15 is 0 Å². The van der Waals surface area contributed by atoms with Crippen molar-refractivity contribution in [1.29, 1.82) is 0 Å². The van der Waals surface area contributed by atoms with Gasteiger partial charge < -0.3 is 14.6 Å². The van der Waals surface area contributed by atoms with E-state index in [1.807, 2.05) is 47.9 Å². The molecular formula is C23H28N4O2S. The first-order chi connectivity index (χ1) is 14.6. The van der Waals surface area contributed by atoms with E-state index in [4.69, 9.17) is 4.74 Å². The Hall–Kier alpha value is -2.80. The van der Waals surface area contributed by atoms with Gasteiger partial charge in [0.1, 0.15) is 5.75 Å². The highest BCUT2D eigenvalue weighted by molar-refractivity contribution is 7.99. The Morgan fingerprint density at radius 2 is 1.87 bits per heavy atom. The molecule has 0 bridgehead atoms. The summed E-state index contributed by atoms with van der Waals surface area (Å²) in [4.78, 5) is 12.2. The van der Waals surface area contributed by atoms with E-state index in [-0.39, 0.29) is 5.91 Å². The molecule has 0 fully saturated rings. The Morgan fingerprint density at radius 1 is 1.10 bits per heavy atom. The van der Waals surface area contributed by atoms with Gasteiger partial charge in [-0.3, -0.25) is 4.79 Å². The number of hydrogen-bond donors (Lipinski definition) is 1. The molecule has 0 atom stereocenters. The number of nitrogens with one attached hydrogen (secondary N) is 1. The SMILES string of the molecule is CCn1c(SCC(=O)NCCCOc2cccc(C)c2)nnc1-c1cccc(C)c1. The molecule has 158 valence electrons.